The normalized spacial score (nSPS) is 10.5. The van der Waals surface area contributed by atoms with Crippen LogP contribution in [-0.4, -0.2) is 26.5 Å². The van der Waals surface area contributed by atoms with Crippen LogP contribution in [0, 0.1) is 24.0 Å². The number of nitrogens with one attached hydrogen (secondary N) is 2. The second-order valence-electron chi connectivity index (χ2n) is 6.55. The number of benzene rings is 2. The summed E-state index contributed by atoms with van der Waals surface area (Å²) in [6, 6.07) is 12.9. The quantitative estimate of drug-likeness (QED) is 0.478. The molecular formula is C20H18ClN5O4. The highest BCUT2D eigenvalue weighted by atomic mass is 35.5. The maximum atomic E-state index is 12.2. The van der Waals surface area contributed by atoms with Gasteiger partial charge >= 0.3 is 5.69 Å². The van der Waals surface area contributed by atoms with Crippen molar-refractivity contribution in [2.75, 3.05) is 0 Å². The highest BCUT2D eigenvalue weighted by Gasteiger charge is 2.21. The van der Waals surface area contributed by atoms with E-state index in [0.717, 1.165) is 5.56 Å². The molecule has 0 atom stereocenters. The van der Waals surface area contributed by atoms with Gasteiger partial charge in [0.25, 0.3) is 11.8 Å². The van der Waals surface area contributed by atoms with Gasteiger partial charge in [0.15, 0.2) is 0 Å². The molecule has 0 saturated carbocycles. The number of aryl methyl sites for hydroxylation is 1. The van der Waals surface area contributed by atoms with Gasteiger partial charge in [0, 0.05) is 16.1 Å². The summed E-state index contributed by atoms with van der Waals surface area (Å²) >= 11 is 5.78. The number of hydrogen-bond donors (Lipinski definition) is 2. The van der Waals surface area contributed by atoms with Crippen molar-refractivity contribution in [2.45, 2.75) is 20.4 Å². The maximum Gasteiger partial charge on any atom is 0.312 e. The molecule has 0 unspecified atom stereocenters. The molecule has 0 saturated heterocycles. The first kappa shape index (κ1) is 21.0. The molecular weight excluding hydrogens is 410 g/mol. The molecule has 2 aromatic carbocycles. The smallest absolute Gasteiger partial charge is 0.267 e. The van der Waals surface area contributed by atoms with Crippen LogP contribution in [0.5, 0.6) is 0 Å². The lowest BCUT2D eigenvalue weighted by Gasteiger charge is -2.09. The van der Waals surface area contributed by atoms with E-state index in [0.29, 0.717) is 34.1 Å². The second kappa shape index (κ2) is 8.75. The standard InChI is InChI=1S/C20H18ClN5O4/c1-12-18(26(29)30)13(2)25(24-12)11-14-3-5-15(6-4-14)19(27)22-23-20(28)16-7-9-17(21)10-8-16/h3-10H,11H2,1-2H3,(H,22,27)(H,23,28). The van der Waals surface area contributed by atoms with Gasteiger partial charge in [-0.15, -0.1) is 0 Å². The summed E-state index contributed by atoms with van der Waals surface area (Å²) < 4.78 is 1.55. The van der Waals surface area contributed by atoms with E-state index in [1.165, 1.54) is 0 Å². The summed E-state index contributed by atoms with van der Waals surface area (Å²) in [4.78, 5) is 34.9. The Bertz CT molecular complexity index is 1110. The monoisotopic (exact) mass is 427 g/mol. The van der Waals surface area contributed by atoms with Gasteiger partial charge in [-0.25, -0.2) is 0 Å². The van der Waals surface area contributed by atoms with E-state index < -0.39 is 16.7 Å². The van der Waals surface area contributed by atoms with Crippen molar-refractivity contribution in [3.63, 3.8) is 0 Å². The summed E-state index contributed by atoms with van der Waals surface area (Å²) in [7, 11) is 0. The number of aromatic nitrogens is 2. The largest absolute Gasteiger partial charge is 0.312 e. The van der Waals surface area contributed by atoms with Crippen molar-refractivity contribution in [3.8, 4) is 0 Å². The van der Waals surface area contributed by atoms with Crippen LogP contribution in [0.1, 0.15) is 37.7 Å². The highest BCUT2D eigenvalue weighted by Crippen LogP contribution is 2.22. The lowest BCUT2D eigenvalue weighted by atomic mass is 10.1. The third-order valence-corrected chi connectivity index (χ3v) is 4.72. The fourth-order valence-corrected chi connectivity index (χ4v) is 3.03. The van der Waals surface area contributed by atoms with E-state index >= 15 is 0 Å². The van der Waals surface area contributed by atoms with Crippen LogP contribution >= 0.6 is 11.6 Å². The third kappa shape index (κ3) is 4.64. The van der Waals surface area contributed by atoms with Crippen molar-refractivity contribution in [1.82, 2.24) is 20.6 Å². The average Bonchev–Trinajstić information content (AvgIpc) is 3.00. The van der Waals surface area contributed by atoms with E-state index in [9.17, 15) is 19.7 Å². The minimum atomic E-state index is -0.481. The summed E-state index contributed by atoms with van der Waals surface area (Å²) in [5.74, 6) is -0.951. The Balaban J connectivity index is 1.62. The Morgan fingerprint density at radius 2 is 1.50 bits per heavy atom. The predicted molar refractivity (Wildman–Crippen MR) is 110 cm³/mol. The Morgan fingerprint density at radius 1 is 1.00 bits per heavy atom. The SMILES string of the molecule is Cc1nn(Cc2ccc(C(=O)NNC(=O)c3ccc(Cl)cc3)cc2)c(C)c1[N+](=O)[O-]. The van der Waals surface area contributed by atoms with Crippen molar-refractivity contribution >= 4 is 29.1 Å². The molecule has 10 heteroatoms. The highest BCUT2D eigenvalue weighted by molar-refractivity contribution is 6.30. The summed E-state index contributed by atoms with van der Waals surface area (Å²) in [5, 5.41) is 15.8. The van der Waals surface area contributed by atoms with Crippen LogP contribution in [-0.2, 0) is 6.54 Å². The number of nitrogens with zero attached hydrogens (tertiary/aromatic N) is 3. The predicted octanol–water partition coefficient (Wildman–Crippen LogP) is 3.18. The number of carbonyl (C=O) groups is 2. The number of hydrogen-bond acceptors (Lipinski definition) is 5. The maximum absolute atomic E-state index is 12.2. The number of rotatable bonds is 5. The van der Waals surface area contributed by atoms with Gasteiger partial charge < -0.3 is 0 Å². The van der Waals surface area contributed by atoms with Crippen molar-refractivity contribution in [1.29, 1.82) is 0 Å². The molecule has 0 aliphatic heterocycles. The van der Waals surface area contributed by atoms with Gasteiger partial charge in [-0.3, -0.25) is 35.2 Å². The fourth-order valence-electron chi connectivity index (χ4n) is 2.90. The molecule has 0 radical (unpaired) electrons. The number of amides is 2. The number of hydrazine groups is 1. The molecule has 3 rings (SSSR count). The van der Waals surface area contributed by atoms with Crippen LogP contribution in [0.3, 0.4) is 0 Å². The lowest BCUT2D eigenvalue weighted by molar-refractivity contribution is -0.386. The Hall–Kier alpha value is -3.72. The van der Waals surface area contributed by atoms with Gasteiger partial charge in [0.05, 0.1) is 11.5 Å². The molecule has 2 N–H and O–H groups in total. The Kier molecular flexibility index (Phi) is 6.12. The molecule has 1 aromatic heterocycles. The fraction of sp³-hybridized carbons (Fsp3) is 0.150. The molecule has 30 heavy (non-hydrogen) atoms. The molecule has 9 nitrogen and oxygen atoms in total. The Morgan fingerprint density at radius 3 is 1.97 bits per heavy atom. The topological polar surface area (TPSA) is 119 Å². The molecule has 0 aliphatic rings. The van der Waals surface area contributed by atoms with Gasteiger partial charge in [0.2, 0.25) is 0 Å². The lowest BCUT2D eigenvalue weighted by Crippen LogP contribution is -2.41. The summed E-state index contributed by atoms with van der Waals surface area (Å²) in [5.41, 5.74) is 7.02. The van der Waals surface area contributed by atoms with Crippen LogP contribution in [0.25, 0.3) is 0 Å². The first-order valence-electron chi connectivity index (χ1n) is 8.90. The molecule has 0 aliphatic carbocycles. The van der Waals surface area contributed by atoms with E-state index in [1.807, 2.05) is 0 Å². The summed E-state index contributed by atoms with van der Waals surface area (Å²) in [6.45, 7) is 3.56. The van der Waals surface area contributed by atoms with E-state index in [-0.39, 0.29) is 5.69 Å². The first-order valence-corrected chi connectivity index (χ1v) is 9.27. The Labute approximate surface area is 176 Å². The van der Waals surface area contributed by atoms with Crippen molar-refractivity contribution < 1.29 is 14.5 Å². The van der Waals surface area contributed by atoms with E-state index in [2.05, 4.69) is 16.0 Å². The van der Waals surface area contributed by atoms with Crippen LogP contribution in [0.15, 0.2) is 48.5 Å². The van der Waals surface area contributed by atoms with Crippen molar-refractivity contribution in [3.05, 3.63) is 91.7 Å². The average molecular weight is 428 g/mol. The number of carbonyl (C=O) groups excluding carboxylic acids is 2. The van der Waals surface area contributed by atoms with Gasteiger partial charge in [0.1, 0.15) is 11.4 Å². The van der Waals surface area contributed by atoms with Gasteiger partial charge in [-0.1, -0.05) is 23.7 Å². The van der Waals surface area contributed by atoms with Gasteiger partial charge in [-0.05, 0) is 55.8 Å². The molecule has 0 bridgehead atoms. The third-order valence-electron chi connectivity index (χ3n) is 4.47. The molecule has 1 heterocycles. The molecule has 0 spiro atoms. The van der Waals surface area contributed by atoms with Gasteiger partial charge in [-0.2, -0.15) is 5.10 Å². The van der Waals surface area contributed by atoms with Crippen LogP contribution in [0.4, 0.5) is 5.69 Å². The minimum absolute atomic E-state index is 0.00225. The number of nitro groups is 1. The number of halogens is 1. The minimum Gasteiger partial charge on any atom is -0.267 e. The second-order valence-corrected chi connectivity index (χ2v) is 6.98. The van der Waals surface area contributed by atoms with E-state index in [4.69, 9.17) is 11.6 Å². The van der Waals surface area contributed by atoms with Crippen LogP contribution in [0.2, 0.25) is 5.02 Å². The molecule has 2 amide bonds. The zero-order chi connectivity index (χ0) is 21.8. The molecule has 3 aromatic rings. The molecule has 0 fully saturated rings. The molecule has 154 valence electrons. The zero-order valence-corrected chi connectivity index (χ0v) is 16.9. The first-order chi connectivity index (χ1) is 14.3. The van der Waals surface area contributed by atoms with E-state index in [1.54, 1.807) is 67.1 Å². The van der Waals surface area contributed by atoms with Crippen molar-refractivity contribution in [2.24, 2.45) is 0 Å². The summed E-state index contributed by atoms with van der Waals surface area (Å²) in [6.07, 6.45) is 0. The zero-order valence-electron chi connectivity index (χ0n) is 16.2. The van der Waals surface area contributed by atoms with Crippen LogP contribution < -0.4 is 10.9 Å².